The van der Waals surface area contributed by atoms with Crippen LogP contribution in [0.1, 0.15) is 121 Å². The number of nitrogens with zero attached hydrogens (tertiary/aromatic N) is 4. The Morgan fingerprint density at radius 1 is 0.525 bits per heavy atom. The Bertz CT molecular complexity index is 2890. The van der Waals surface area contributed by atoms with E-state index in [1.54, 1.807) is 46.2 Å². The van der Waals surface area contributed by atoms with Crippen LogP contribution in [0.15, 0.2) is 82.6 Å². The summed E-state index contributed by atoms with van der Waals surface area (Å²) in [6.07, 6.45) is 4.70. The van der Waals surface area contributed by atoms with E-state index >= 15 is 0 Å². The van der Waals surface area contributed by atoms with Gasteiger partial charge in [0.15, 0.2) is 0 Å². The van der Waals surface area contributed by atoms with Crippen LogP contribution in [0.3, 0.4) is 0 Å². The molecule has 0 radical (unpaired) electrons. The molecule has 2 saturated heterocycles. The topological polar surface area (TPSA) is 222 Å². The third-order valence-electron chi connectivity index (χ3n) is 15.9. The summed E-state index contributed by atoms with van der Waals surface area (Å²) in [6.45, 7) is 10.4. The highest BCUT2D eigenvalue weighted by Crippen LogP contribution is 2.39. The fourth-order valence-corrected chi connectivity index (χ4v) is 14.8. The van der Waals surface area contributed by atoms with Crippen molar-refractivity contribution in [3.8, 4) is 0 Å². The second kappa shape index (κ2) is 27.6. The average Bonchev–Trinajstić information content (AvgIpc) is 3.46. The van der Waals surface area contributed by atoms with Crippen molar-refractivity contribution in [1.82, 2.24) is 50.3 Å². The van der Waals surface area contributed by atoms with Gasteiger partial charge in [0.2, 0.25) is 31.9 Å². The van der Waals surface area contributed by atoms with Gasteiger partial charge in [-0.15, -0.1) is 0 Å². The van der Waals surface area contributed by atoms with Crippen molar-refractivity contribution >= 4 is 67.1 Å². The van der Waals surface area contributed by atoms with E-state index < -0.39 is 20.0 Å². The highest BCUT2D eigenvalue weighted by molar-refractivity contribution is 7.89. The monoisotopic (exact) mass is 1180 g/mol. The SMILES string of the molecule is Cc1cc(Cl)cc2c1CN(C)CC2c1cccc(S(=O)(=O)NC2CCN(C(=O)CCCNC(=O)NCCCCNC(=O)NCCCC(=O)N3CCC(NS(=O)(=O)c4cccc(C5CN(C)Cc6c(C)cc(Cl)cc65)c4)CC3)CC2)c1. The smallest absolute Gasteiger partial charge is 0.314 e. The zero-order valence-electron chi connectivity index (χ0n) is 46.4. The lowest BCUT2D eigenvalue weighted by atomic mass is 9.83. The number of hydrogen-bond acceptors (Lipinski definition) is 10. The van der Waals surface area contributed by atoms with Crippen molar-refractivity contribution in [2.45, 2.75) is 125 Å². The van der Waals surface area contributed by atoms with E-state index in [9.17, 15) is 36.0 Å². The van der Waals surface area contributed by atoms with Crippen molar-refractivity contribution in [2.24, 2.45) is 0 Å². The Labute approximate surface area is 482 Å². The fraction of sp³-hybridized carbons (Fsp3) is 0.517. The number of urea groups is 2. The minimum Gasteiger partial charge on any atom is -0.343 e. The molecule has 2 unspecified atom stereocenters. The molecule has 2 atom stereocenters. The van der Waals surface area contributed by atoms with Crippen LogP contribution in [0.2, 0.25) is 10.0 Å². The number of aryl methyl sites for hydroxylation is 2. The first-order valence-electron chi connectivity index (χ1n) is 28.0. The number of likely N-dealkylation sites (N-methyl/N-ethyl adjacent to an activating group) is 2. The van der Waals surface area contributed by atoms with Crippen LogP contribution < -0.4 is 30.7 Å². The third-order valence-corrected chi connectivity index (χ3v) is 19.4. The summed E-state index contributed by atoms with van der Waals surface area (Å²) in [5.74, 6) is -0.110. The molecule has 4 aliphatic heterocycles. The van der Waals surface area contributed by atoms with Crippen LogP contribution in [-0.4, -0.2) is 152 Å². The van der Waals surface area contributed by atoms with Crippen LogP contribution in [-0.2, 0) is 42.7 Å². The predicted octanol–water partition coefficient (Wildman–Crippen LogP) is 6.94. The summed E-state index contributed by atoms with van der Waals surface area (Å²) in [5, 5.41) is 12.5. The van der Waals surface area contributed by atoms with Gasteiger partial charge < -0.3 is 40.9 Å². The van der Waals surface area contributed by atoms with E-state index in [-0.39, 0.29) is 70.4 Å². The van der Waals surface area contributed by atoms with E-state index in [2.05, 4.69) is 68.5 Å². The lowest BCUT2D eigenvalue weighted by molar-refractivity contribution is -0.133. The summed E-state index contributed by atoms with van der Waals surface area (Å²) in [6, 6.07) is 20.9. The molecule has 18 nitrogen and oxygen atoms in total. The molecule has 0 aromatic heterocycles. The van der Waals surface area contributed by atoms with Gasteiger partial charge in [-0.2, -0.15) is 0 Å². The van der Waals surface area contributed by atoms with E-state index in [4.69, 9.17) is 23.2 Å². The quantitative estimate of drug-likeness (QED) is 0.0472. The summed E-state index contributed by atoms with van der Waals surface area (Å²) in [5.41, 5.74) is 8.78. The summed E-state index contributed by atoms with van der Waals surface area (Å²) in [4.78, 5) is 59.1. The summed E-state index contributed by atoms with van der Waals surface area (Å²) >= 11 is 12.9. The summed E-state index contributed by atoms with van der Waals surface area (Å²) in [7, 11) is -3.50. The molecule has 0 bridgehead atoms. The van der Waals surface area contributed by atoms with Crippen LogP contribution in [0.4, 0.5) is 9.59 Å². The van der Waals surface area contributed by atoms with Crippen molar-refractivity contribution < 1.29 is 36.0 Å². The van der Waals surface area contributed by atoms with Crippen LogP contribution in [0.5, 0.6) is 0 Å². The number of nitrogens with one attached hydrogen (secondary N) is 6. The Balaban J connectivity index is 0.630. The number of piperidine rings is 2. The first-order valence-corrected chi connectivity index (χ1v) is 31.7. The molecule has 4 heterocycles. The van der Waals surface area contributed by atoms with Gasteiger partial charge in [0, 0.05) is 125 Å². The number of carbonyl (C=O) groups is 4. The van der Waals surface area contributed by atoms with Gasteiger partial charge in [-0.3, -0.25) is 9.59 Å². The Morgan fingerprint density at radius 3 is 1.26 bits per heavy atom. The maximum absolute atomic E-state index is 13.6. The molecular formula is C58H78Cl2N10O8S2. The highest BCUT2D eigenvalue weighted by atomic mass is 35.5. The van der Waals surface area contributed by atoms with Gasteiger partial charge in [-0.25, -0.2) is 35.9 Å². The molecule has 6 N–H and O–H groups in total. The van der Waals surface area contributed by atoms with E-state index in [1.807, 2.05) is 36.4 Å². The second-order valence-electron chi connectivity index (χ2n) is 22.1. The molecular weight excluding hydrogens is 1100 g/mol. The predicted molar refractivity (Wildman–Crippen MR) is 312 cm³/mol. The minimum absolute atomic E-state index is 0.0206. The zero-order chi connectivity index (χ0) is 57.1. The van der Waals surface area contributed by atoms with Gasteiger partial charge in [0.25, 0.3) is 0 Å². The van der Waals surface area contributed by atoms with Crippen molar-refractivity contribution in [3.05, 3.63) is 127 Å². The molecule has 2 fully saturated rings. The van der Waals surface area contributed by atoms with Gasteiger partial charge in [-0.1, -0.05) is 47.5 Å². The van der Waals surface area contributed by atoms with E-state index in [1.165, 1.54) is 11.1 Å². The lowest BCUT2D eigenvalue weighted by Gasteiger charge is -2.34. The van der Waals surface area contributed by atoms with E-state index in [0.717, 1.165) is 59.6 Å². The number of amides is 6. The van der Waals surface area contributed by atoms with Gasteiger partial charge in [0.05, 0.1) is 9.79 Å². The number of halogens is 2. The maximum Gasteiger partial charge on any atom is 0.314 e. The molecule has 0 saturated carbocycles. The maximum atomic E-state index is 13.6. The number of hydrogen-bond donors (Lipinski definition) is 6. The number of likely N-dealkylation sites (tertiary alicyclic amines) is 2. The largest absolute Gasteiger partial charge is 0.343 e. The Kier molecular flexibility index (Phi) is 21.0. The van der Waals surface area contributed by atoms with Gasteiger partial charge in [0.1, 0.15) is 0 Å². The molecule has 22 heteroatoms. The molecule has 4 aromatic rings. The lowest BCUT2D eigenvalue weighted by Crippen LogP contribution is -2.46. The van der Waals surface area contributed by atoms with Crippen molar-refractivity contribution in [2.75, 3.05) is 79.5 Å². The molecule has 434 valence electrons. The Hall–Kier alpha value is -5.32. The number of fused-ring (bicyclic) bond motifs is 2. The van der Waals surface area contributed by atoms with Crippen LogP contribution in [0.25, 0.3) is 0 Å². The normalized spacial score (nSPS) is 18.5. The Morgan fingerprint density at radius 2 is 0.887 bits per heavy atom. The zero-order valence-corrected chi connectivity index (χ0v) is 49.6. The summed E-state index contributed by atoms with van der Waals surface area (Å²) < 4.78 is 60.3. The third kappa shape index (κ3) is 16.2. The molecule has 0 spiro atoms. The number of benzene rings is 4. The molecule has 6 amide bonds. The van der Waals surface area contributed by atoms with Crippen LogP contribution >= 0.6 is 23.2 Å². The molecule has 8 rings (SSSR count). The number of unbranched alkanes of at least 4 members (excludes halogenated alkanes) is 1. The second-order valence-corrected chi connectivity index (χ2v) is 26.4. The molecule has 4 aromatic carbocycles. The average molecular weight is 1180 g/mol. The first kappa shape index (κ1) is 60.8. The van der Waals surface area contributed by atoms with Crippen LogP contribution in [0, 0.1) is 13.8 Å². The fourth-order valence-electron chi connectivity index (χ4n) is 11.6. The number of carbonyl (C=O) groups excluding carboxylic acids is 4. The standard InChI is InChI=1S/C58H78Cl2N10O8S2/c1-39-29-43(59)33-49-51(39)35-67(3)37-53(49)41-11-7-13-47(31-41)79(75,76)65-45-17-25-69(26-18-45)55(71)15-9-23-63-57(73)61-21-5-6-22-62-58(74)64-24-10-16-56(72)70-27-19-46(20-28-70)66-80(77,78)48-14-8-12-42(32-48)54-38-68(4)36-52-40(2)30-44(60)34-50(52)54/h7-8,11-14,29-34,45-46,53-54,65-66H,5-6,9-10,15-28,35-38H2,1-4H3,(H2,61,63,73)(H2,62,64,74). The van der Waals surface area contributed by atoms with Gasteiger partial charge >= 0.3 is 12.1 Å². The molecule has 80 heavy (non-hydrogen) atoms. The first-order chi connectivity index (χ1) is 38.2. The highest BCUT2D eigenvalue weighted by Gasteiger charge is 2.32. The van der Waals surface area contributed by atoms with Gasteiger partial charge in [-0.05, 0) is 172 Å². The molecule has 4 aliphatic rings. The van der Waals surface area contributed by atoms with Crippen molar-refractivity contribution in [1.29, 1.82) is 0 Å². The number of sulfonamides is 2. The van der Waals surface area contributed by atoms with Crippen molar-refractivity contribution in [3.63, 3.8) is 0 Å². The number of rotatable bonds is 21. The molecule has 0 aliphatic carbocycles. The van der Waals surface area contributed by atoms with E-state index in [0.29, 0.717) is 114 Å². The minimum atomic E-state index is -3.81.